The quantitative estimate of drug-likeness (QED) is 0.295. The molecule has 2 N–H and O–H groups in total. The molecule has 1 aromatic heterocycles. The smallest absolute Gasteiger partial charge is 0.243 e. The number of hydrogen-bond donors (Lipinski definition) is 2. The van der Waals surface area contributed by atoms with Gasteiger partial charge in [-0.25, -0.2) is 13.4 Å². The zero-order valence-electron chi connectivity index (χ0n) is 17.5. The predicted octanol–water partition coefficient (Wildman–Crippen LogP) is 2.89. The van der Waals surface area contributed by atoms with Crippen molar-refractivity contribution in [3.63, 3.8) is 0 Å². The summed E-state index contributed by atoms with van der Waals surface area (Å²) in [5.74, 6) is 0.742. The second-order valence-electron chi connectivity index (χ2n) is 6.80. The summed E-state index contributed by atoms with van der Waals surface area (Å²) in [6.45, 7) is 8.59. The van der Waals surface area contributed by atoms with Crippen LogP contribution in [0.15, 0.2) is 58.7 Å². The summed E-state index contributed by atoms with van der Waals surface area (Å²) in [5.41, 5.74) is 0.953. The number of guanidine groups is 1. The largest absolute Gasteiger partial charge is 0.357 e. The van der Waals surface area contributed by atoms with E-state index in [1.807, 2.05) is 57.4 Å². The number of hydrogen-bond acceptors (Lipinski definition) is 3. The van der Waals surface area contributed by atoms with E-state index in [9.17, 15) is 8.42 Å². The fourth-order valence-corrected chi connectivity index (χ4v) is 3.91. The minimum atomic E-state index is -3.46. The SMILES string of the molecule is CCNC(=NCc1ccc(S(=O)(=O)N(C)C(C)C)cc1)NCCn1cccc1.I. The zero-order chi connectivity index (χ0) is 20.6. The Hall–Kier alpha value is -1.59. The third kappa shape index (κ3) is 7.63. The lowest BCUT2D eigenvalue weighted by Crippen LogP contribution is -2.38. The first kappa shape index (κ1) is 25.4. The molecule has 9 heteroatoms. The van der Waals surface area contributed by atoms with Crippen molar-refractivity contribution in [2.45, 2.75) is 44.8 Å². The van der Waals surface area contributed by atoms with E-state index in [1.165, 1.54) is 4.31 Å². The van der Waals surface area contributed by atoms with Gasteiger partial charge in [0.05, 0.1) is 11.4 Å². The molecule has 29 heavy (non-hydrogen) atoms. The first-order valence-corrected chi connectivity index (χ1v) is 11.0. The highest BCUT2D eigenvalue weighted by molar-refractivity contribution is 14.0. The second-order valence-corrected chi connectivity index (χ2v) is 8.80. The van der Waals surface area contributed by atoms with Crippen molar-refractivity contribution in [1.29, 1.82) is 0 Å². The van der Waals surface area contributed by atoms with Crippen LogP contribution < -0.4 is 10.6 Å². The normalized spacial score (nSPS) is 12.1. The van der Waals surface area contributed by atoms with E-state index < -0.39 is 10.0 Å². The van der Waals surface area contributed by atoms with E-state index in [1.54, 1.807) is 19.2 Å². The number of aliphatic imine (C=N–C) groups is 1. The van der Waals surface area contributed by atoms with Crippen LogP contribution in [0.5, 0.6) is 0 Å². The number of benzene rings is 1. The van der Waals surface area contributed by atoms with Crippen molar-refractivity contribution in [1.82, 2.24) is 19.5 Å². The van der Waals surface area contributed by atoms with Gasteiger partial charge in [-0.15, -0.1) is 24.0 Å². The molecule has 2 aromatic rings. The van der Waals surface area contributed by atoms with Crippen LogP contribution in [-0.2, 0) is 23.1 Å². The van der Waals surface area contributed by atoms with Gasteiger partial charge in [0.25, 0.3) is 0 Å². The standard InChI is InChI=1S/C20H31N5O2S.HI/c1-5-21-20(22-12-15-25-13-6-7-14-25)23-16-18-8-10-19(11-9-18)28(26,27)24(4)17(2)3;/h6-11,13-14,17H,5,12,15-16H2,1-4H3,(H2,21,22,23);1H. The maximum Gasteiger partial charge on any atom is 0.243 e. The summed E-state index contributed by atoms with van der Waals surface area (Å²) in [5, 5.41) is 6.53. The van der Waals surface area contributed by atoms with Gasteiger partial charge in [0.2, 0.25) is 10.0 Å². The van der Waals surface area contributed by atoms with Gasteiger partial charge in [0.15, 0.2) is 5.96 Å². The maximum atomic E-state index is 12.5. The Kier molecular flexibility index (Phi) is 10.7. The molecule has 0 spiro atoms. The average Bonchev–Trinajstić information content (AvgIpc) is 3.19. The van der Waals surface area contributed by atoms with Crippen molar-refractivity contribution in [3.8, 4) is 0 Å². The molecule has 0 aliphatic heterocycles. The number of halogens is 1. The molecule has 0 radical (unpaired) electrons. The van der Waals surface area contributed by atoms with E-state index in [0.717, 1.165) is 31.2 Å². The van der Waals surface area contributed by atoms with Gasteiger partial charge in [-0.05, 0) is 50.6 Å². The third-order valence-corrected chi connectivity index (χ3v) is 6.47. The maximum absolute atomic E-state index is 12.5. The van der Waals surface area contributed by atoms with Crippen LogP contribution in [0.4, 0.5) is 0 Å². The lowest BCUT2D eigenvalue weighted by molar-refractivity contribution is 0.410. The van der Waals surface area contributed by atoms with Crippen molar-refractivity contribution < 1.29 is 8.42 Å². The fourth-order valence-electron chi connectivity index (χ4n) is 2.55. The van der Waals surface area contributed by atoms with Crippen molar-refractivity contribution in [2.75, 3.05) is 20.1 Å². The fraction of sp³-hybridized carbons (Fsp3) is 0.450. The molecule has 0 saturated carbocycles. The van der Waals surface area contributed by atoms with Crippen LogP contribution in [0.2, 0.25) is 0 Å². The number of nitrogens with zero attached hydrogens (tertiary/aromatic N) is 3. The molecule has 0 aliphatic rings. The van der Waals surface area contributed by atoms with E-state index >= 15 is 0 Å². The van der Waals surface area contributed by atoms with Crippen molar-refractivity contribution in [3.05, 3.63) is 54.4 Å². The molecule has 7 nitrogen and oxygen atoms in total. The first-order chi connectivity index (χ1) is 13.3. The van der Waals surface area contributed by atoms with E-state index in [4.69, 9.17) is 0 Å². The van der Waals surface area contributed by atoms with Gasteiger partial charge >= 0.3 is 0 Å². The molecule has 1 aromatic carbocycles. The number of rotatable bonds is 9. The highest BCUT2D eigenvalue weighted by atomic mass is 127. The van der Waals surface area contributed by atoms with Gasteiger partial charge in [0, 0.05) is 45.1 Å². The van der Waals surface area contributed by atoms with E-state index in [0.29, 0.717) is 11.4 Å². The molecular formula is C20H32IN5O2S. The van der Waals surface area contributed by atoms with Crippen LogP contribution in [0.3, 0.4) is 0 Å². The summed E-state index contributed by atoms with van der Waals surface area (Å²) < 4.78 is 28.5. The summed E-state index contributed by atoms with van der Waals surface area (Å²) in [4.78, 5) is 4.88. The summed E-state index contributed by atoms with van der Waals surface area (Å²) in [7, 11) is -1.86. The van der Waals surface area contributed by atoms with E-state index in [2.05, 4.69) is 20.2 Å². The second kappa shape index (κ2) is 12.2. The first-order valence-electron chi connectivity index (χ1n) is 9.54. The molecule has 0 unspecified atom stereocenters. The number of sulfonamides is 1. The lowest BCUT2D eigenvalue weighted by Gasteiger charge is -2.21. The molecule has 162 valence electrons. The molecule has 0 amide bonds. The highest BCUT2D eigenvalue weighted by Gasteiger charge is 2.22. The van der Waals surface area contributed by atoms with E-state index in [-0.39, 0.29) is 30.0 Å². The van der Waals surface area contributed by atoms with Gasteiger partial charge in [-0.2, -0.15) is 4.31 Å². The molecule has 0 aliphatic carbocycles. The Morgan fingerprint density at radius 3 is 2.31 bits per heavy atom. The van der Waals surface area contributed by atoms with Gasteiger partial charge < -0.3 is 15.2 Å². The summed E-state index contributed by atoms with van der Waals surface area (Å²) >= 11 is 0. The lowest BCUT2D eigenvalue weighted by atomic mass is 10.2. The van der Waals surface area contributed by atoms with Gasteiger partial charge in [0.1, 0.15) is 0 Å². The average molecular weight is 533 g/mol. The molecule has 0 bridgehead atoms. The molecular weight excluding hydrogens is 501 g/mol. The molecule has 0 saturated heterocycles. The van der Waals surface area contributed by atoms with Gasteiger partial charge in [-0.3, -0.25) is 0 Å². The number of aromatic nitrogens is 1. The summed E-state index contributed by atoms with van der Waals surface area (Å²) in [6.07, 6.45) is 4.05. The Balaban J connectivity index is 0.00000420. The molecule has 1 heterocycles. The van der Waals surface area contributed by atoms with Crippen LogP contribution in [-0.4, -0.2) is 49.4 Å². The minimum Gasteiger partial charge on any atom is -0.357 e. The van der Waals surface area contributed by atoms with Crippen LogP contribution in [0.25, 0.3) is 0 Å². The zero-order valence-corrected chi connectivity index (χ0v) is 20.6. The molecule has 2 rings (SSSR count). The Morgan fingerprint density at radius 2 is 1.76 bits per heavy atom. The number of nitrogens with one attached hydrogen (secondary N) is 2. The predicted molar refractivity (Wildman–Crippen MR) is 129 cm³/mol. The van der Waals surface area contributed by atoms with Gasteiger partial charge in [-0.1, -0.05) is 12.1 Å². The van der Waals surface area contributed by atoms with Crippen molar-refractivity contribution in [2.24, 2.45) is 4.99 Å². The Bertz CT molecular complexity index is 850. The Labute approximate surface area is 191 Å². The molecule has 0 atom stereocenters. The third-order valence-electron chi connectivity index (χ3n) is 4.42. The minimum absolute atomic E-state index is 0. The highest BCUT2D eigenvalue weighted by Crippen LogP contribution is 2.17. The summed E-state index contributed by atoms with van der Waals surface area (Å²) in [6, 6.07) is 10.8. The Morgan fingerprint density at radius 1 is 1.14 bits per heavy atom. The molecule has 0 fully saturated rings. The van der Waals surface area contributed by atoms with Crippen molar-refractivity contribution >= 4 is 40.0 Å². The monoisotopic (exact) mass is 533 g/mol. The van der Waals surface area contributed by atoms with Crippen LogP contribution in [0.1, 0.15) is 26.3 Å². The topological polar surface area (TPSA) is 78.7 Å². The van der Waals surface area contributed by atoms with Crippen LogP contribution >= 0.6 is 24.0 Å². The van der Waals surface area contributed by atoms with Crippen LogP contribution in [0, 0.1) is 0 Å².